The van der Waals surface area contributed by atoms with Crippen LogP contribution in [-0.4, -0.2) is 27.4 Å². The Kier molecular flexibility index (Phi) is 3.88. The van der Waals surface area contributed by atoms with Gasteiger partial charge in [-0.15, -0.1) is 0 Å². The summed E-state index contributed by atoms with van der Waals surface area (Å²) in [6.45, 7) is 0. The first kappa shape index (κ1) is 16.9. The monoisotopic (exact) mass is 384 g/mol. The minimum absolute atomic E-state index is 0.312. The smallest absolute Gasteiger partial charge is 0.161 e. The fourth-order valence-corrected chi connectivity index (χ4v) is 3.54. The van der Waals surface area contributed by atoms with Crippen molar-refractivity contribution in [3.05, 3.63) is 78.1 Å². The summed E-state index contributed by atoms with van der Waals surface area (Å²) in [5.41, 5.74) is 3.54. The zero-order valence-electron chi connectivity index (χ0n) is 14.5. The molecule has 28 heavy (non-hydrogen) atoms. The summed E-state index contributed by atoms with van der Waals surface area (Å²) >= 11 is 6.08. The maximum absolute atomic E-state index is 14.5. The van der Waals surface area contributed by atoms with Crippen molar-refractivity contribution < 1.29 is 4.39 Å². The zero-order chi connectivity index (χ0) is 19.3. The van der Waals surface area contributed by atoms with Crippen molar-refractivity contribution in [1.82, 2.24) is 19.5 Å². The molecule has 1 aromatic carbocycles. The number of halogens is 2. The molecule has 0 saturated heterocycles. The van der Waals surface area contributed by atoms with Gasteiger partial charge in [0.1, 0.15) is 13.7 Å². The van der Waals surface area contributed by atoms with Gasteiger partial charge in [0, 0.05) is 46.1 Å². The number of fused-ring (bicyclic) bond motifs is 2. The lowest BCUT2D eigenvalue weighted by atomic mass is 9.97. The number of rotatable bonds is 2. The molecule has 0 N–H and O–H groups in total. The van der Waals surface area contributed by atoms with Crippen molar-refractivity contribution in [1.29, 1.82) is 0 Å². The molecular weight excluding hydrogens is 374 g/mol. The molecule has 4 aromatic heterocycles. The van der Waals surface area contributed by atoms with Gasteiger partial charge in [-0.3, -0.25) is 4.98 Å². The maximum Gasteiger partial charge on any atom is 0.161 e. The maximum atomic E-state index is 14.5. The highest BCUT2D eigenvalue weighted by atomic mass is 35.5. The molecule has 0 atom stereocenters. The normalized spacial score (nSPS) is 11.4. The minimum atomic E-state index is -0.404. The van der Waals surface area contributed by atoms with Crippen molar-refractivity contribution in [2.45, 2.75) is 0 Å². The van der Waals surface area contributed by atoms with E-state index < -0.39 is 5.82 Å². The molecular formula is C21H11BClFN4. The Morgan fingerprint density at radius 3 is 2.82 bits per heavy atom. The van der Waals surface area contributed by atoms with Crippen LogP contribution < -0.4 is 5.46 Å². The predicted octanol–water partition coefficient (Wildman–Crippen LogP) is 4.22. The van der Waals surface area contributed by atoms with E-state index >= 15 is 0 Å². The molecule has 0 unspecified atom stereocenters. The van der Waals surface area contributed by atoms with Crippen molar-refractivity contribution in [3.8, 4) is 16.9 Å². The SMILES string of the molecule is [B]c1cn(-c2cc(-c3cc(Cl)ccc3F)nc3ncccc23)c2ccncc12. The van der Waals surface area contributed by atoms with Crippen LogP contribution in [0.5, 0.6) is 0 Å². The van der Waals surface area contributed by atoms with E-state index in [0.717, 1.165) is 22.0 Å². The second kappa shape index (κ2) is 6.42. The van der Waals surface area contributed by atoms with Crippen LogP contribution >= 0.6 is 11.6 Å². The average molecular weight is 385 g/mol. The molecule has 0 saturated carbocycles. The molecule has 4 heterocycles. The molecule has 132 valence electrons. The number of hydrogen-bond donors (Lipinski definition) is 0. The zero-order valence-corrected chi connectivity index (χ0v) is 15.2. The van der Waals surface area contributed by atoms with Gasteiger partial charge in [-0.1, -0.05) is 17.1 Å². The van der Waals surface area contributed by atoms with Crippen molar-refractivity contribution in [3.63, 3.8) is 0 Å². The molecule has 5 rings (SSSR count). The lowest BCUT2D eigenvalue weighted by molar-refractivity contribution is 0.631. The number of nitrogens with zero attached hydrogens (tertiary/aromatic N) is 4. The second-order valence-corrected chi connectivity index (χ2v) is 6.81. The molecule has 4 nitrogen and oxygen atoms in total. The molecule has 0 aliphatic carbocycles. The molecule has 2 radical (unpaired) electrons. The lowest BCUT2D eigenvalue weighted by Crippen LogP contribution is -2.01. The van der Waals surface area contributed by atoms with Crippen LogP contribution in [0, 0.1) is 5.82 Å². The Bertz CT molecular complexity index is 1370. The fourth-order valence-electron chi connectivity index (χ4n) is 3.37. The number of aromatic nitrogens is 4. The summed E-state index contributed by atoms with van der Waals surface area (Å²) in [6, 6.07) is 11.9. The van der Waals surface area contributed by atoms with E-state index in [1.165, 1.54) is 12.1 Å². The highest BCUT2D eigenvalue weighted by Gasteiger charge is 2.15. The van der Waals surface area contributed by atoms with Crippen LogP contribution in [0.4, 0.5) is 4.39 Å². The molecule has 0 bridgehead atoms. The lowest BCUT2D eigenvalue weighted by Gasteiger charge is -2.12. The van der Waals surface area contributed by atoms with Crippen LogP contribution in [0.2, 0.25) is 5.02 Å². The summed E-state index contributed by atoms with van der Waals surface area (Å²) in [4.78, 5) is 13.1. The number of benzene rings is 1. The van der Waals surface area contributed by atoms with Crippen LogP contribution in [0.15, 0.2) is 67.3 Å². The Hall–Kier alpha value is -3.25. The topological polar surface area (TPSA) is 43.6 Å². The van der Waals surface area contributed by atoms with Gasteiger partial charge in [-0.05, 0) is 42.5 Å². The Morgan fingerprint density at radius 1 is 1.04 bits per heavy atom. The summed E-state index contributed by atoms with van der Waals surface area (Å²) in [6.07, 6.45) is 6.91. The molecule has 0 aliphatic rings. The summed E-state index contributed by atoms with van der Waals surface area (Å²) < 4.78 is 16.4. The van der Waals surface area contributed by atoms with Crippen molar-refractivity contribution in [2.24, 2.45) is 0 Å². The van der Waals surface area contributed by atoms with Crippen LogP contribution in [0.25, 0.3) is 38.9 Å². The van der Waals surface area contributed by atoms with E-state index in [1.807, 2.05) is 35.0 Å². The van der Waals surface area contributed by atoms with Gasteiger partial charge in [0.25, 0.3) is 0 Å². The highest BCUT2D eigenvalue weighted by Crippen LogP contribution is 2.31. The molecule has 5 aromatic rings. The molecule has 0 amide bonds. The van der Waals surface area contributed by atoms with Crippen LogP contribution in [-0.2, 0) is 0 Å². The molecule has 0 spiro atoms. The van der Waals surface area contributed by atoms with Gasteiger partial charge in [-0.2, -0.15) is 0 Å². The van der Waals surface area contributed by atoms with E-state index in [0.29, 0.717) is 27.4 Å². The third-order valence-electron chi connectivity index (χ3n) is 4.66. The minimum Gasteiger partial charge on any atom is -0.316 e. The van der Waals surface area contributed by atoms with Gasteiger partial charge in [-0.25, -0.2) is 14.4 Å². The van der Waals surface area contributed by atoms with Crippen LogP contribution in [0.1, 0.15) is 0 Å². The van der Waals surface area contributed by atoms with E-state index in [1.54, 1.807) is 24.7 Å². The molecule has 7 heteroatoms. The van der Waals surface area contributed by atoms with E-state index in [4.69, 9.17) is 19.4 Å². The Morgan fingerprint density at radius 2 is 1.93 bits per heavy atom. The third kappa shape index (κ3) is 2.65. The summed E-state index contributed by atoms with van der Waals surface area (Å²) in [5, 5.41) is 2.09. The third-order valence-corrected chi connectivity index (χ3v) is 4.90. The molecule has 0 fully saturated rings. The van der Waals surface area contributed by atoms with Gasteiger partial charge in [0.05, 0.1) is 16.9 Å². The van der Waals surface area contributed by atoms with Crippen molar-refractivity contribution >= 4 is 46.8 Å². The predicted molar refractivity (Wildman–Crippen MR) is 110 cm³/mol. The highest BCUT2D eigenvalue weighted by molar-refractivity contribution is 6.39. The first-order chi connectivity index (χ1) is 13.6. The standard InChI is InChI=1S/C21H11BClFN4/c22-16-11-28(19-5-7-25-10-15(16)19)20-9-18(14-8-12(23)3-4-17(14)24)27-21-13(20)2-1-6-26-21/h1-11H. The van der Waals surface area contributed by atoms with E-state index in [9.17, 15) is 4.39 Å². The largest absolute Gasteiger partial charge is 0.316 e. The molecule has 0 aliphatic heterocycles. The average Bonchev–Trinajstić information content (AvgIpc) is 3.06. The summed E-state index contributed by atoms with van der Waals surface area (Å²) in [5.74, 6) is -0.404. The van der Waals surface area contributed by atoms with E-state index in [2.05, 4.69) is 15.0 Å². The van der Waals surface area contributed by atoms with Gasteiger partial charge in [0.2, 0.25) is 0 Å². The Labute approximate surface area is 166 Å². The fraction of sp³-hybridized carbons (Fsp3) is 0. The quantitative estimate of drug-likeness (QED) is 0.428. The summed E-state index contributed by atoms with van der Waals surface area (Å²) in [7, 11) is 6.18. The number of pyridine rings is 3. The Balaban J connectivity index is 1.87. The van der Waals surface area contributed by atoms with Crippen LogP contribution in [0.3, 0.4) is 0 Å². The van der Waals surface area contributed by atoms with Crippen molar-refractivity contribution in [2.75, 3.05) is 0 Å². The number of hydrogen-bond acceptors (Lipinski definition) is 3. The van der Waals surface area contributed by atoms with Gasteiger partial charge in [0.15, 0.2) is 5.65 Å². The van der Waals surface area contributed by atoms with Gasteiger partial charge >= 0.3 is 0 Å². The first-order valence-electron chi connectivity index (χ1n) is 8.54. The first-order valence-corrected chi connectivity index (χ1v) is 8.92. The second-order valence-electron chi connectivity index (χ2n) is 6.37. The van der Waals surface area contributed by atoms with E-state index in [-0.39, 0.29) is 0 Å². The van der Waals surface area contributed by atoms with Gasteiger partial charge < -0.3 is 4.57 Å².